The number of rotatable bonds is 7. The Balaban J connectivity index is 1.77. The summed E-state index contributed by atoms with van der Waals surface area (Å²) in [7, 11) is 1.62. The Kier molecular flexibility index (Phi) is 6.26. The second-order valence-corrected chi connectivity index (χ2v) is 6.46. The van der Waals surface area contributed by atoms with E-state index in [9.17, 15) is 13.2 Å². The van der Waals surface area contributed by atoms with Crippen molar-refractivity contribution in [2.45, 2.75) is 19.1 Å². The van der Waals surface area contributed by atoms with Crippen LogP contribution in [0.4, 0.5) is 13.2 Å². The molecule has 3 aromatic rings. The Morgan fingerprint density at radius 1 is 1.13 bits per heavy atom. The summed E-state index contributed by atoms with van der Waals surface area (Å²) < 4.78 is 46.1. The van der Waals surface area contributed by atoms with E-state index in [4.69, 9.17) is 16.3 Å². The molecule has 158 valence electrons. The van der Waals surface area contributed by atoms with Gasteiger partial charge in [-0.1, -0.05) is 12.1 Å². The molecule has 0 fully saturated rings. The molecule has 30 heavy (non-hydrogen) atoms. The van der Waals surface area contributed by atoms with Gasteiger partial charge >= 0.3 is 6.18 Å². The standard InChI is InChI=1S/C20H21F3N6O/c1-30-15-4-2-13(3-5-15)7-9-29-11-17(27-12-29)16-10-14(6-8-26-16)18(24)19(28-25)20(21,22)23/h2-6,8,10-12,28H,7,9,24-25H2,1H3/b19-18-. The molecule has 0 unspecified atom stereocenters. The lowest BCUT2D eigenvalue weighted by Crippen LogP contribution is -2.34. The number of hydrogen-bond donors (Lipinski definition) is 3. The number of aromatic nitrogens is 3. The summed E-state index contributed by atoms with van der Waals surface area (Å²) in [5, 5.41) is 0. The molecule has 0 aliphatic rings. The molecule has 1 aromatic carbocycles. The lowest BCUT2D eigenvalue weighted by molar-refractivity contribution is -0.0961. The molecule has 7 nitrogen and oxygen atoms in total. The van der Waals surface area contributed by atoms with Crippen LogP contribution in [0.3, 0.4) is 0 Å². The number of nitrogens with two attached hydrogens (primary N) is 2. The number of methoxy groups -OCH3 is 1. The molecule has 5 N–H and O–H groups in total. The number of hydrogen-bond acceptors (Lipinski definition) is 6. The zero-order chi connectivity index (χ0) is 21.7. The van der Waals surface area contributed by atoms with Gasteiger partial charge in [0.15, 0.2) is 5.70 Å². The Hall–Kier alpha value is -3.53. The van der Waals surface area contributed by atoms with Crippen molar-refractivity contribution in [1.82, 2.24) is 20.0 Å². The minimum absolute atomic E-state index is 0.137. The first kappa shape index (κ1) is 21.2. The molecule has 0 radical (unpaired) electrons. The number of nitrogens with one attached hydrogen (secondary N) is 1. The van der Waals surface area contributed by atoms with Crippen molar-refractivity contribution in [2.75, 3.05) is 7.11 Å². The topological polar surface area (TPSA) is 104 Å². The van der Waals surface area contributed by atoms with Crippen LogP contribution in [-0.4, -0.2) is 27.8 Å². The van der Waals surface area contributed by atoms with E-state index in [0.717, 1.165) is 17.7 Å². The van der Waals surface area contributed by atoms with Gasteiger partial charge < -0.3 is 20.5 Å². The van der Waals surface area contributed by atoms with E-state index in [2.05, 4.69) is 9.97 Å². The van der Waals surface area contributed by atoms with E-state index in [1.165, 1.54) is 18.3 Å². The molecule has 0 bridgehead atoms. The number of nitrogens with zero attached hydrogens (tertiary/aromatic N) is 3. The first-order chi connectivity index (χ1) is 14.3. The first-order valence-corrected chi connectivity index (χ1v) is 8.97. The second kappa shape index (κ2) is 8.87. The molecule has 0 saturated carbocycles. The van der Waals surface area contributed by atoms with E-state index < -0.39 is 17.6 Å². The van der Waals surface area contributed by atoms with Crippen molar-refractivity contribution in [3.8, 4) is 17.1 Å². The van der Waals surface area contributed by atoms with Crippen LogP contribution >= 0.6 is 0 Å². The fourth-order valence-electron chi connectivity index (χ4n) is 2.86. The molecular weight excluding hydrogens is 397 g/mol. The van der Waals surface area contributed by atoms with Crippen LogP contribution < -0.4 is 21.7 Å². The molecule has 2 aromatic heterocycles. The van der Waals surface area contributed by atoms with Gasteiger partial charge in [0.2, 0.25) is 0 Å². The van der Waals surface area contributed by atoms with E-state index in [0.29, 0.717) is 17.9 Å². The van der Waals surface area contributed by atoms with Crippen LogP contribution in [0, 0.1) is 0 Å². The maximum atomic E-state index is 13.0. The number of hydrazine groups is 1. The highest BCUT2D eigenvalue weighted by Gasteiger charge is 2.36. The van der Waals surface area contributed by atoms with Crippen molar-refractivity contribution in [1.29, 1.82) is 0 Å². The van der Waals surface area contributed by atoms with E-state index in [1.54, 1.807) is 25.1 Å². The molecule has 10 heteroatoms. The van der Waals surface area contributed by atoms with E-state index in [1.807, 2.05) is 28.8 Å². The predicted octanol–water partition coefficient (Wildman–Crippen LogP) is 2.85. The monoisotopic (exact) mass is 418 g/mol. The van der Waals surface area contributed by atoms with Crippen molar-refractivity contribution in [3.63, 3.8) is 0 Å². The van der Waals surface area contributed by atoms with Crippen molar-refractivity contribution in [3.05, 3.63) is 71.9 Å². The average molecular weight is 418 g/mol. The van der Waals surface area contributed by atoms with Gasteiger partial charge in [0.25, 0.3) is 0 Å². The molecule has 0 aliphatic heterocycles. The summed E-state index contributed by atoms with van der Waals surface area (Å²) in [6.07, 6.45) is 0.875. The Labute approximate surface area is 171 Å². The minimum Gasteiger partial charge on any atom is -0.497 e. The number of alkyl halides is 3. The number of pyridine rings is 1. The number of ether oxygens (including phenoxy) is 1. The van der Waals surface area contributed by atoms with Gasteiger partial charge in [-0.15, -0.1) is 0 Å². The van der Waals surface area contributed by atoms with Crippen LogP contribution in [0.2, 0.25) is 0 Å². The molecular formula is C20H21F3N6O. The van der Waals surface area contributed by atoms with Crippen LogP contribution in [0.1, 0.15) is 11.1 Å². The highest BCUT2D eigenvalue weighted by Crippen LogP contribution is 2.28. The normalized spacial score (nSPS) is 12.4. The summed E-state index contributed by atoms with van der Waals surface area (Å²) in [5.74, 6) is 5.79. The number of allylic oxidation sites excluding steroid dienone is 1. The van der Waals surface area contributed by atoms with E-state index in [-0.39, 0.29) is 5.56 Å². The van der Waals surface area contributed by atoms with Crippen molar-refractivity contribution < 1.29 is 17.9 Å². The SMILES string of the molecule is COc1ccc(CCn2cnc(-c3cc(/C(N)=C(/NN)C(F)(F)F)ccn3)c2)cc1. The summed E-state index contributed by atoms with van der Waals surface area (Å²) >= 11 is 0. The fraction of sp³-hybridized carbons (Fsp3) is 0.200. The first-order valence-electron chi connectivity index (χ1n) is 8.97. The van der Waals surface area contributed by atoms with Crippen LogP contribution in [-0.2, 0) is 13.0 Å². The third-order valence-electron chi connectivity index (χ3n) is 4.48. The second-order valence-electron chi connectivity index (χ2n) is 6.46. The number of halogens is 3. The van der Waals surface area contributed by atoms with Gasteiger partial charge in [-0.2, -0.15) is 13.2 Å². The molecule has 3 rings (SSSR count). The quantitative estimate of drug-likeness (QED) is 0.403. The summed E-state index contributed by atoms with van der Waals surface area (Å²) in [6, 6.07) is 10.6. The molecule has 0 amide bonds. The Morgan fingerprint density at radius 2 is 1.87 bits per heavy atom. The molecule has 0 atom stereocenters. The third-order valence-corrected chi connectivity index (χ3v) is 4.48. The predicted molar refractivity (Wildman–Crippen MR) is 107 cm³/mol. The highest BCUT2D eigenvalue weighted by atomic mass is 19.4. The molecule has 0 saturated heterocycles. The smallest absolute Gasteiger partial charge is 0.434 e. The van der Waals surface area contributed by atoms with Crippen LogP contribution in [0.25, 0.3) is 17.1 Å². The maximum absolute atomic E-state index is 13.0. The Morgan fingerprint density at radius 3 is 2.50 bits per heavy atom. The maximum Gasteiger partial charge on any atom is 0.434 e. The number of imidazole rings is 1. The third kappa shape index (κ3) is 4.90. The lowest BCUT2D eigenvalue weighted by atomic mass is 10.1. The zero-order valence-electron chi connectivity index (χ0n) is 16.1. The Bertz CT molecular complexity index is 1030. The van der Waals surface area contributed by atoms with Gasteiger partial charge in [0, 0.05) is 24.5 Å². The summed E-state index contributed by atoms with van der Waals surface area (Å²) in [5.41, 5.74) is 7.76. The lowest BCUT2D eigenvalue weighted by Gasteiger charge is -2.14. The molecule has 0 spiro atoms. The molecule has 0 aliphatic carbocycles. The van der Waals surface area contributed by atoms with Gasteiger partial charge in [-0.25, -0.2) is 4.98 Å². The zero-order valence-corrected chi connectivity index (χ0v) is 16.1. The van der Waals surface area contributed by atoms with Gasteiger partial charge in [-0.3, -0.25) is 10.8 Å². The average Bonchev–Trinajstić information content (AvgIpc) is 3.21. The van der Waals surface area contributed by atoms with Gasteiger partial charge in [0.05, 0.1) is 24.8 Å². The summed E-state index contributed by atoms with van der Waals surface area (Å²) in [4.78, 5) is 8.49. The number of aryl methyl sites for hydroxylation is 2. The van der Waals surface area contributed by atoms with Gasteiger partial charge in [0.1, 0.15) is 11.4 Å². The van der Waals surface area contributed by atoms with Crippen molar-refractivity contribution in [2.24, 2.45) is 11.6 Å². The minimum atomic E-state index is -4.70. The largest absolute Gasteiger partial charge is 0.497 e. The fourth-order valence-corrected chi connectivity index (χ4v) is 2.86. The van der Waals surface area contributed by atoms with E-state index >= 15 is 0 Å². The number of benzene rings is 1. The summed E-state index contributed by atoms with van der Waals surface area (Å²) in [6.45, 7) is 0.677. The van der Waals surface area contributed by atoms with Crippen LogP contribution in [0.5, 0.6) is 5.75 Å². The molecule has 2 heterocycles. The van der Waals surface area contributed by atoms with Crippen LogP contribution in [0.15, 0.2) is 60.8 Å². The highest BCUT2D eigenvalue weighted by molar-refractivity contribution is 5.69. The van der Waals surface area contributed by atoms with Crippen molar-refractivity contribution >= 4 is 5.70 Å². The van der Waals surface area contributed by atoms with Gasteiger partial charge in [-0.05, 0) is 36.2 Å².